The summed E-state index contributed by atoms with van der Waals surface area (Å²) >= 11 is 0. The summed E-state index contributed by atoms with van der Waals surface area (Å²) < 4.78 is 5.76. The molecule has 1 saturated heterocycles. The number of rotatable bonds is 2. The van der Waals surface area contributed by atoms with Gasteiger partial charge in [-0.1, -0.05) is 6.42 Å². The zero-order chi connectivity index (χ0) is 7.40. The van der Waals surface area contributed by atoms with Crippen molar-refractivity contribution in [1.82, 2.24) is 0 Å². The van der Waals surface area contributed by atoms with Crippen molar-refractivity contribution < 1.29 is 4.52 Å². The van der Waals surface area contributed by atoms with Gasteiger partial charge < -0.3 is 4.52 Å². The summed E-state index contributed by atoms with van der Waals surface area (Å²) in [5.41, 5.74) is 0. The van der Waals surface area contributed by atoms with Crippen molar-refractivity contribution in [2.24, 2.45) is 0 Å². The van der Waals surface area contributed by atoms with E-state index in [0.717, 1.165) is 0 Å². The van der Waals surface area contributed by atoms with Gasteiger partial charge in [-0.25, -0.2) is 0 Å². The summed E-state index contributed by atoms with van der Waals surface area (Å²) in [6.07, 6.45) is 7.39. The van der Waals surface area contributed by atoms with Crippen LogP contribution in [0.3, 0.4) is 0 Å². The second kappa shape index (κ2) is 4.31. The van der Waals surface area contributed by atoms with Gasteiger partial charge in [0, 0.05) is 8.15 Å². The van der Waals surface area contributed by atoms with Crippen LogP contribution in [0, 0.1) is 0 Å². The SMILES string of the molecule is CC(C)OP1CCCCC1. The van der Waals surface area contributed by atoms with E-state index in [1.807, 2.05) is 0 Å². The minimum Gasteiger partial charge on any atom is -0.357 e. The lowest BCUT2D eigenvalue weighted by molar-refractivity contribution is 0.267. The predicted octanol–water partition coefficient (Wildman–Crippen LogP) is 2.99. The summed E-state index contributed by atoms with van der Waals surface area (Å²) in [5.74, 6) is 0. The molecule has 1 fully saturated rings. The van der Waals surface area contributed by atoms with Gasteiger partial charge >= 0.3 is 0 Å². The highest BCUT2D eigenvalue weighted by Gasteiger charge is 2.14. The van der Waals surface area contributed by atoms with Crippen molar-refractivity contribution in [3.63, 3.8) is 0 Å². The summed E-state index contributed by atoms with van der Waals surface area (Å²) in [5, 5.41) is 0. The van der Waals surface area contributed by atoms with Crippen LogP contribution in [-0.4, -0.2) is 18.4 Å². The monoisotopic (exact) mass is 160 g/mol. The lowest BCUT2D eigenvalue weighted by Gasteiger charge is -2.23. The summed E-state index contributed by atoms with van der Waals surface area (Å²) in [4.78, 5) is 0. The van der Waals surface area contributed by atoms with Crippen molar-refractivity contribution in [3.8, 4) is 0 Å². The van der Waals surface area contributed by atoms with Gasteiger partial charge in [0.1, 0.15) is 0 Å². The Labute approximate surface area is 65.0 Å². The maximum atomic E-state index is 5.76. The Kier molecular flexibility index (Phi) is 3.65. The number of hydrogen-bond acceptors (Lipinski definition) is 1. The Bertz CT molecular complexity index is 87.3. The van der Waals surface area contributed by atoms with Crippen LogP contribution in [0.2, 0.25) is 0 Å². The van der Waals surface area contributed by atoms with Crippen LogP contribution in [0.15, 0.2) is 0 Å². The molecule has 10 heavy (non-hydrogen) atoms. The van der Waals surface area contributed by atoms with Crippen LogP contribution < -0.4 is 0 Å². The van der Waals surface area contributed by atoms with Crippen molar-refractivity contribution >= 4 is 8.15 Å². The summed E-state index contributed by atoms with van der Waals surface area (Å²) in [6, 6.07) is 0. The van der Waals surface area contributed by atoms with Gasteiger partial charge in [-0.3, -0.25) is 0 Å². The summed E-state index contributed by atoms with van der Waals surface area (Å²) in [6.45, 7) is 4.27. The smallest absolute Gasteiger partial charge is 0.0561 e. The molecule has 1 nitrogen and oxygen atoms in total. The van der Waals surface area contributed by atoms with Crippen molar-refractivity contribution in [2.45, 2.75) is 39.2 Å². The molecule has 1 heterocycles. The van der Waals surface area contributed by atoms with E-state index in [0.29, 0.717) is 6.10 Å². The molecule has 0 amide bonds. The van der Waals surface area contributed by atoms with Crippen LogP contribution in [0.25, 0.3) is 0 Å². The first-order valence-corrected chi connectivity index (χ1v) is 5.84. The highest BCUT2D eigenvalue weighted by molar-refractivity contribution is 7.52. The fourth-order valence-electron chi connectivity index (χ4n) is 1.27. The molecule has 0 aromatic rings. The average molecular weight is 160 g/mol. The minimum atomic E-state index is -0.0112. The second-order valence-corrected chi connectivity index (χ2v) is 5.21. The lowest BCUT2D eigenvalue weighted by atomic mass is 10.3. The fraction of sp³-hybridized carbons (Fsp3) is 1.00. The minimum absolute atomic E-state index is 0.0112. The van der Waals surface area contributed by atoms with Crippen molar-refractivity contribution in [1.29, 1.82) is 0 Å². The van der Waals surface area contributed by atoms with E-state index in [1.165, 1.54) is 31.6 Å². The molecule has 0 aliphatic carbocycles. The third-order valence-electron chi connectivity index (χ3n) is 1.67. The molecule has 0 bridgehead atoms. The van der Waals surface area contributed by atoms with Crippen LogP contribution in [0.1, 0.15) is 33.1 Å². The van der Waals surface area contributed by atoms with Crippen LogP contribution >= 0.6 is 8.15 Å². The first kappa shape index (κ1) is 8.49. The van der Waals surface area contributed by atoms with Gasteiger partial charge in [0.05, 0.1) is 6.10 Å². The largest absolute Gasteiger partial charge is 0.357 e. The highest BCUT2D eigenvalue weighted by Crippen LogP contribution is 2.43. The second-order valence-electron chi connectivity index (χ2n) is 3.14. The molecule has 60 valence electrons. The maximum Gasteiger partial charge on any atom is 0.0561 e. The Balaban J connectivity index is 2.13. The first-order valence-electron chi connectivity index (χ1n) is 4.21. The topological polar surface area (TPSA) is 9.23 Å². The maximum absolute atomic E-state index is 5.76. The molecule has 1 rings (SSSR count). The van der Waals surface area contributed by atoms with E-state index >= 15 is 0 Å². The molecule has 2 heteroatoms. The molecule has 0 N–H and O–H groups in total. The molecule has 0 aromatic carbocycles. The highest BCUT2D eigenvalue weighted by atomic mass is 31.1. The van der Waals surface area contributed by atoms with Gasteiger partial charge in [0.25, 0.3) is 0 Å². The zero-order valence-electron chi connectivity index (χ0n) is 6.97. The standard InChI is InChI=1S/C8H17OP/c1-8(2)9-10-6-4-3-5-7-10/h8H,3-7H2,1-2H3. The van der Waals surface area contributed by atoms with Crippen molar-refractivity contribution in [2.75, 3.05) is 12.3 Å². The third kappa shape index (κ3) is 2.98. The molecule has 0 saturated carbocycles. The first-order chi connectivity index (χ1) is 4.79. The molecule has 0 atom stereocenters. The fourth-order valence-corrected chi connectivity index (χ4v) is 3.45. The van der Waals surface area contributed by atoms with Gasteiger partial charge in [-0.2, -0.15) is 0 Å². The Morgan fingerprint density at radius 2 is 1.70 bits per heavy atom. The molecule has 0 radical (unpaired) electrons. The van der Waals surface area contributed by atoms with Crippen LogP contribution in [-0.2, 0) is 4.52 Å². The molecular weight excluding hydrogens is 143 g/mol. The Morgan fingerprint density at radius 3 is 2.20 bits per heavy atom. The lowest BCUT2D eigenvalue weighted by Crippen LogP contribution is -2.06. The van der Waals surface area contributed by atoms with Crippen LogP contribution in [0.5, 0.6) is 0 Å². The van der Waals surface area contributed by atoms with E-state index in [-0.39, 0.29) is 8.15 Å². The molecule has 0 unspecified atom stereocenters. The van der Waals surface area contributed by atoms with Gasteiger partial charge in [-0.05, 0) is 39.0 Å². The Morgan fingerprint density at radius 1 is 1.10 bits per heavy atom. The van der Waals surface area contributed by atoms with Gasteiger partial charge in [0.2, 0.25) is 0 Å². The molecule has 0 aromatic heterocycles. The molecule has 1 aliphatic rings. The number of hydrogen-bond donors (Lipinski definition) is 0. The quantitative estimate of drug-likeness (QED) is 0.564. The predicted molar refractivity (Wildman–Crippen MR) is 46.7 cm³/mol. The normalized spacial score (nSPS) is 21.9. The molecular formula is C8H17OP. The van der Waals surface area contributed by atoms with Gasteiger partial charge in [-0.15, -0.1) is 0 Å². The van der Waals surface area contributed by atoms with Gasteiger partial charge in [0.15, 0.2) is 0 Å². The Hall–Kier alpha value is 0.390. The molecule has 1 aliphatic heterocycles. The zero-order valence-corrected chi connectivity index (χ0v) is 7.86. The van der Waals surface area contributed by atoms with Crippen LogP contribution in [0.4, 0.5) is 0 Å². The average Bonchev–Trinajstić information content (AvgIpc) is 1.88. The van der Waals surface area contributed by atoms with E-state index in [2.05, 4.69) is 13.8 Å². The van der Waals surface area contributed by atoms with Crippen molar-refractivity contribution in [3.05, 3.63) is 0 Å². The third-order valence-corrected chi connectivity index (χ3v) is 4.02. The molecule has 0 spiro atoms. The summed E-state index contributed by atoms with van der Waals surface area (Å²) in [7, 11) is -0.0112. The van der Waals surface area contributed by atoms with E-state index in [9.17, 15) is 0 Å². The van der Waals surface area contributed by atoms with E-state index in [4.69, 9.17) is 4.52 Å². The van der Waals surface area contributed by atoms with E-state index < -0.39 is 0 Å². The van der Waals surface area contributed by atoms with E-state index in [1.54, 1.807) is 0 Å².